The molecule has 21 heavy (non-hydrogen) atoms. The number of carboxylic acid groups (broad SMARTS) is 1. The minimum absolute atomic E-state index is 0.145. The molecular formula is C14H23NO4S2. The molecule has 0 fully saturated rings. The number of aliphatic carboxylic acids is 1. The molecule has 0 amide bonds. The summed E-state index contributed by atoms with van der Waals surface area (Å²) in [6.45, 7) is 4.61. The molecule has 0 aliphatic heterocycles. The zero-order valence-electron chi connectivity index (χ0n) is 12.5. The maximum absolute atomic E-state index is 12.2. The van der Waals surface area contributed by atoms with Crippen molar-refractivity contribution in [1.82, 2.24) is 4.72 Å². The average molecular weight is 333 g/mol. The molecule has 0 aliphatic carbocycles. The molecule has 1 atom stereocenters. The minimum Gasteiger partial charge on any atom is -0.481 e. The van der Waals surface area contributed by atoms with Gasteiger partial charge in [-0.05, 0) is 24.5 Å². The van der Waals surface area contributed by atoms with Crippen LogP contribution in [0.1, 0.15) is 44.4 Å². The van der Waals surface area contributed by atoms with Gasteiger partial charge in [0.05, 0.1) is 6.42 Å². The number of hydrogen-bond acceptors (Lipinski definition) is 4. The summed E-state index contributed by atoms with van der Waals surface area (Å²) in [6, 6.07) is 3.03. The molecule has 0 aliphatic rings. The minimum atomic E-state index is -3.53. The highest BCUT2D eigenvalue weighted by Gasteiger charge is 2.19. The SMILES string of the molecule is CCCCC(CC)CNS(=O)(=O)c1ccc(CC(=O)O)s1. The Kier molecular flexibility index (Phi) is 7.34. The van der Waals surface area contributed by atoms with E-state index in [0.717, 1.165) is 37.0 Å². The van der Waals surface area contributed by atoms with Gasteiger partial charge in [-0.1, -0.05) is 33.1 Å². The zero-order valence-corrected chi connectivity index (χ0v) is 14.1. The van der Waals surface area contributed by atoms with Crippen LogP contribution in [0.5, 0.6) is 0 Å². The van der Waals surface area contributed by atoms with Gasteiger partial charge in [-0.15, -0.1) is 11.3 Å². The van der Waals surface area contributed by atoms with Gasteiger partial charge in [0.1, 0.15) is 4.21 Å². The predicted octanol–water partition coefficient (Wildman–Crippen LogP) is 2.87. The van der Waals surface area contributed by atoms with E-state index in [9.17, 15) is 13.2 Å². The number of thiophene rings is 1. The average Bonchev–Trinajstić information content (AvgIpc) is 2.87. The lowest BCUT2D eigenvalue weighted by atomic mass is 10.00. The van der Waals surface area contributed by atoms with Crippen molar-refractivity contribution >= 4 is 27.3 Å². The Morgan fingerprint density at radius 1 is 1.38 bits per heavy atom. The van der Waals surface area contributed by atoms with Crippen molar-refractivity contribution in [3.63, 3.8) is 0 Å². The van der Waals surface area contributed by atoms with Crippen LogP contribution in [0.15, 0.2) is 16.3 Å². The number of rotatable bonds is 10. The van der Waals surface area contributed by atoms with E-state index in [-0.39, 0.29) is 10.6 Å². The Bertz CT molecular complexity index is 551. The van der Waals surface area contributed by atoms with Crippen LogP contribution in [0.2, 0.25) is 0 Å². The van der Waals surface area contributed by atoms with E-state index in [1.165, 1.54) is 6.07 Å². The van der Waals surface area contributed by atoms with Crippen LogP contribution in [0.3, 0.4) is 0 Å². The summed E-state index contributed by atoms with van der Waals surface area (Å²) >= 11 is 1.01. The summed E-state index contributed by atoms with van der Waals surface area (Å²) in [5.74, 6) is -0.613. The molecule has 1 aromatic rings. The maximum atomic E-state index is 12.2. The van der Waals surface area contributed by atoms with Crippen molar-refractivity contribution < 1.29 is 18.3 Å². The fourth-order valence-corrected chi connectivity index (χ4v) is 4.50. The van der Waals surface area contributed by atoms with Crippen LogP contribution in [-0.4, -0.2) is 26.0 Å². The van der Waals surface area contributed by atoms with Crippen molar-refractivity contribution in [2.24, 2.45) is 5.92 Å². The van der Waals surface area contributed by atoms with Crippen LogP contribution in [-0.2, 0) is 21.2 Å². The monoisotopic (exact) mass is 333 g/mol. The van der Waals surface area contributed by atoms with E-state index in [4.69, 9.17) is 5.11 Å². The van der Waals surface area contributed by atoms with E-state index in [1.54, 1.807) is 6.07 Å². The predicted molar refractivity (Wildman–Crippen MR) is 84.2 cm³/mol. The Balaban J connectivity index is 2.64. The first kappa shape index (κ1) is 18.1. The van der Waals surface area contributed by atoms with E-state index >= 15 is 0 Å². The van der Waals surface area contributed by atoms with Gasteiger partial charge in [0.2, 0.25) is 10.0 Å². The lowest BCUT2D eigenvalue weighted by molar-refractivity contribution is -0.136. The lowest BCUT2D eigenvalue weighted by Crippen LogP contribution is -2.28. The summed E-state index contributed by atoms with van der Waals surface area (Å²) < 4.78 is 27.2. The number of sulfonamides is 1. The van der Waals surface area contributed by atoms with Crippen LogP contribution < -0.4 is 4.72 Å². The first-order valence-electron chi connectivity index (χ1n) is 7.19. The normalized spacial score (nSPS) is 13.2. The first-order chi connectivity index (χ1) is 9.89. The topological polar surface area (TPSA) is 83.5 Å². The highest BCUT2D eigenvalue weighted by molar-refractivity contribution is 7.91. The Morgan fingerprint density at radius 2 is 2.10 bits per heavy atom. The molecule has 2 N–H and O–H groups in total. The molecule has 120 valence electrons. The third kappa shape index (κ3) is 6.15. The van der Waals surface area contributed by atoms with Crippen LogP contribution >= 0.6 is 11.3 Å². The second-order valence-corrected chi connectivity index (χ2v) is 8.22. The van der Waals surface area contributed by atoms with Gasteiger partial charge >= 0.3 is 5.97 Å². The fourth-order valence-electron chi connectivity index (χ4n) is 1.99. The van der Waals surface area contributed by atoms with E-state index in [2.05, 4.69) is 18.6 Å². The molecule has 7 heteroatoms. The molecule has 0 spiro atoms. The van der Waals surface area contributed by atoms with E-state index in [0.29, 0.717) is 17.3 Å². The Morgan fingerprint density at radius 3 is 2.67 bits per heavy atom. The van der Waals surface area contributed by atoms with Crippen molar-refractivity contribution in [2.45, 2.75) is 50.2 Å². The molecule has 0 saturated heterocycles. The summed E-state index contributed by atoms with van der Waals surface area (Å²) in [5, 5.41) is 8.71. The van der Waals surface area contributed by atoms with E-state index < -0.39 is 16.0 Å². The first-order valence-corrected chi connectivity index (χ1v) is 9.49. The van der Waals surface area contributed by atoms with E-state index in [1.807, 2.05) is 0 Å². The van der Waals surface area contributed by atoms with Gasteiger partial charge < -0.3 is 5.11 Å². The number of hydrogen-bond donors (Lipinski definition) is 2. The fraction of sp³-hybridized carbons (Fsp3) is 0.643. The zero-order chi connectivity index (χ0) is 15.9. The summed E-state index contributed by atoms with van der Waals surface area (Å²) in [5.41, 5.74) is 0. The largest absolute Gasteiger partial charge is 0.481 e. The number of carbonyl (C=O) groups is 1. The van der Waals surface area contributed by atoms with Gasteiger partial charge in [0.15, 0.2) is 0 Å². The second kappa shape index (κ2) is 8.51. The molecule has 5 nitrogen and oxygen atoms in total. The van der Waals surface area contributed by atoms with Crippen LogP contribution in [0.4, 0.5) is 0 Å². The molecule has 1 unspecified atom stereocenters. The molecule has 0 bridgehead atoms. The summed E-state index contributed by atoms with van der Waals surface area (Å²) in [7, 11) is -3.53. The molecule has 1 aromatic heterocycles. The lowest BCUT2D eigenvalue weighted by Gasteiger charge is -2.14. The number of nitrogens with one attached hydrogen (secondary N) is 1. The second-order valence-electron chi connectivity index (χ2n) is 5.06. The number of unbranched alkanes of at least 4 members (excludes halogenated alkanes) is 1. The third-order valence-electron chi connectivity index (χ3n) is 3.33. The quantitative estimate of drug-likeness (QED) is 0.689. The van der Waals surface area contributed by atoms with Gasteiger partial charge in [-0.2, -0.15) is 0 Å². The highest BCUT2D eigenvalue weighted by atomic mass is 32.2. The standard InChI is InChI=1S/C14H23NO4S2/c1-3-5-6-11(4-2)10-15-21(18,19)14-8-7-12(20-14)9-13(16)17/h7-8,11,15H,3-6,9-10H2,1-2H3,(H,16,17). The highest BCUT2D eigenvalue weighted by Crippen LogP contribution is 2.22. The molecule has 0 aromatic carbocycles. The van der Waals surface area contributed by atoms with Gasteiger partial charge in [-0.3, -0.25) is 4.79 Å². The summed E-state index contributed by atoms with van der Waals surface area (Å²) in [6.07, 6.45) is 4.02. The Hall–Kier alpha value is -0.920. The van der Waals surface area contributed by atoms with Crippen molar-refractivity contribution in [3.05, 3.63) is 17.0 Å². The Labute approximate surface area is 130 Å². The van der Waals surface area contributed by atoms with Gasteiger partial charge in [-0.25, -0.2) is 13.1 Å². The summed E-state index contributed by atoms with van der Waals surface area (Å²) in [4.78, 5) is 11.2. The van der Waals surface area contributed by atoms with Crippen molar-refractivity contribution in [2.75, 3.05) is 6.54 Å². The van der Waals surface area contributed by atoms with Crippen LogP contribution in [0.25, 0.3) is 0 Å². The van der Waals surface area contributed by atoms with Crippen molar-refractivity contribution in [1.29, 1.82) is 0 Å². The van der Waals surface area contributed by atoms with Gasteiger partial charge in [0, 0.05) is 11.4 Å². The third-order valence-corrected chi connectivity index (χ3v) is 6.33. The van der Waals surface area contributed by atoms with Gasteiger partial charge in [0.25, 0.3) is 0 Å². The smallest absolute Gasteiger partial charge is 0.308 e. The van der Waals surface area contributed by atoms with Crippen LogP contribution in [0, 0.1) is 5.92 Å². The molecule has 0 saturated carbocycles. The van der Waals surface area contributed by atoms with Crippen molar-refractivity contribution in [3.8, 4) is 0 Å². The molecule has 1 heterocycles. The maximum Gasteiger partial charge on any atom is 0.308 e. The molecule has 0 radical (unpaired) electrons. The number of carboxylic acids is 1. The molecular weight excluding hydrogens is 310 g/mol. The molecule has 1 rings (SSSR count).